The van der Waals surface area contributed by atoms with Crippen LogP contribution in [0.15, 0.2) is 48.5 Å². The van der Waals surface area contributed by atoms with Gasteiger partial charge in [0.05, 0.1) is 0 Å². The number of rotatable bonds is 6. The van der Waals surface area contributed by atoms with E-state index in [9.17, 15) is 9.18 Å². The molecule has 0 aromatic heterocycles. The Labute approximate surface area is 134 Å². The van der Waals surface area contributed by atoms with Crippen LogP contribution in [-0.2, 0) is 20.8 Å². The monoisotopic (exact) mass is 319 g/mol. The first-order valence-electron chi connectivity index (χ1n) is 6.96. The molecule has 2 aromatic carbocycles. The Bertz CT molecular complexity index is 644. The molecule has 0 spiro atoms. The number of amides is 1. The lowest BCUT2D eigenvalue weighted by Gasteiger charge is -2.15. The topological polar surface area (TPSA) is 56.8 Å². The first kappa shape index (κ1) is 16.9. The fourth-order valence-electron chi connectivity index (χ4n) is 2.02. The van der Waals surface area contributed by atoms with Crippen molar-refractivity contribution < 1.29 is 23.4 Å². The summed E-state index contributed by atoms with van der Waals surface area (Å²) in [6.07, 6.45) is -1.45. The van der Waals surface area contributed by atoms with Crippen LogP contribution in [0.1, 0.15) is 17.4 Å². The van der Waals surface area contributed by atoms with Gasteiger partial charge < -0.3 is 14.2 Å². The van der Waals surface area contributed by atoms with E-state index in [0.29, 0.717) is 0 Å². The van der Waals surface area contributed by atoms with E-state index in [4.69, 9.17) is 14.2 Å². The van der Waals surface area contributed by atoms with Crippen molar-refractivity contribution in [2.24, 2.45) is 0 Å². The van der Waals surface area contributed by atoms with Crippen LogP contribution in [0.3, 0.4) is 0 Å². The van der Waals surface area contributed by atoms with E-state index >= 15 is 0 Å². The lowest BCUT2D eigenvalue weighted by Crippen LogP contribution is -2.14. The molecule has 23 heavy (non-hydrogen) atoms. The molecule has 1 N–H and O–H groups in total. The van der Waals surface area contributed by atoms with Gasteiger partial charge in [-0.25, -0.2) is 9.18 Å². The van der Waals surface area contributed by atoms with E-state index in [0.717, 1.165) is 5.56 Å². The molecular weight excluding hydrogens is 301 g/mol. The van der Waals surface area contributed by atoms with E-state index in [-0.39, 0.29) is 17.9 Å². The number of hydrogen-bond acceptors (Lipinski definition) is 4. The van der Waals surface area contributed by atoms with Crippen molar-refractivity contribution in [3.05, 3.63) is 65.5 Å². The number of halogens is 1. The van der Waals surface area contributed by atoms with Crippen LogP contribution in [-0.4, -0.2) is 20.3 Å². The van der Waals surface area contributed by atoms with Crippen molar-refractivity contribution in [2.75, 3.05) is 19.5 Å². The highest BCUT2D eigenvalue weighted by atomic mass is 19.1. The predicted molar refractivity (Wildman–Crippen MR) is 83.4 cm³/mol. The van der Waals surface area contributed by atoms with E-state index in [1.54, 1.807) is 6.07 Å². The fourth-order valence-corrected chi connectivity index (χ4v) is 2.02. The van der Waals surface area contributed by atoms with Crippen LogP contribution in [0.2, 0.25) is 0 Å². The van der Waals surface area contributed by atoms with Gasteiger partial charge in [-0.2, -0.15) is 0 Å². The minimum atomic E-state index is -0.797. The molecule has 122 valence electrons. The van der Waals surface area contributed by atoms with Gasteiger partial charge in [-0.3, -0.25) is 5.32 Å². The minimum Gasteiger partial charge on any atom is -0.444 e. The standard InChI is InChI=1S/C17H18FNO4/c1-21-16(22-2)14-9-8-13(10-15(14)18)19-17(20)23-11-12-6-4-3-5-7-12/h3-10,16H,11H2,1-2H3,(H,19,20). The Hall–Kier alpha value is -2.44. The highest BCUT2D eigenvalue weighted by Gasteiger charge is 2.15. The van der Waals surface area contributed by atoms with Crippen LogP contribution in [0.4, 0.5) is 14.9 Å². The number of hydrogen-bond donors (Lipinski definition) is 1. The average molecular weight is 319 g/mol. The molecule has 0 radical (unpaired) electrons. The number of benzene rings is 2. The van der Waals surface area contributed by atoms with Gasteiger partial charge in [-0.15, -0.1) is 0 Å². The van der Waals surface area contributed by atoms with Crippen molar-refractivity contribution in [3.8, 4) is 0 Å². The maximum atomic E-state index is 14.0. The minimum absolute atomic E-state index is 0.142. The first-order chi connectivity index (χ1) is 11.1. The highest BCUT2D eigenvalue weighted by molar-refractivity contribution is 5.84. The third-order valence-corrected chi connectivity index (χ3v) is 3.14. The summed E-state index contributed by atoms with van der Waals surface area (Å²) in [6.45, 7) is 0.142. The van der Waals surface area contributed by atoms with Gasteiger partial charge in [-0.05, 0) is 23.8 Å². The molecule has 0 heterocycles. The summed E-state index contributed by atoms with van der Waals surface area (Å²) < 4.78 is 29.1. The van der Waals surface area contributed by atoms with Crippen LogP contribution in [0.25, 0.3) is 0 Å². The number of nitrogens with one attached hydrogen (secondary N) is 1. The van der Waals surface area contributed by atoms with Crippen LogP contribution >= 0.6 is 0 Å². The zero-order valence-corrected chi connectivity index (χ0v) is 12.9. The maximum Gasteiger partial charge on any atom is 0.411 e. The summed E-state index contributed by atoms with van der Waals surface area (Å²) in [6, 6.07) is 13.5. The van der Waals surface area contributed by atoms with Gasteiger partial charge in [0.2, 0.25) is 0 Å². The molecular formula is C17H18FNO4. The molecule has 0 aliphatic heterocycles. The molecule has 0 unspecified atom stereocenters. The molecule has 0 aliphatic carbocycles. The van der Waals surface area contributed by atoms with Crippen LogP contribution in [0, 0.1) is 5.82 Å². The zero-order valence-electron chi connectivity index (χ0n) is 12.9. The number of methoxy groups -OCH3 is 2. The summed E-state index contributed by atoms with van der Waals surface area (Å²) in [5.41, 5.74) is 1.40. The quantitative estimate of drug-likeness (QED) is 0.821. The van der Waals surface area contributed by atoms with Gasteiger partial charge in [0.1, 0.15) is 12.4 Å². The Balaban J connectivity index is 1.94. The van der Waals surface area contributed by atoms with E-state index in [1.807, 2.05) is 30.3 Å². The zero-order chi connectivity index (χ0) is 16.7. The van der Waals surface area contributed by atoms with Crippen molar-refractivity contribution >= 4 is 11.8 Å². The molecule has 6 heteroatoms. The van der Waals surface area contributed by atoms with Crippen molar-refractivity contribution in [1.29, 1.82) is 0 Å². The summed E-state index contributed by atoms with van der Waals surface area (Å²) in [5.74, 6) is -0.542. The summed E-state index contributed by atoms with van der Waals surface area (Å²) in [4.78, 5) is 11.7. The van der Waals surface area contributed by atoms with E-state index in [2.05, 4.69) is 5.32 Å². The second-order valence-corrected chi connectivity index (χ2v) is 4.73. The van der Waals surface area contributed by atoms with E-state index in [1.165, 1.54) is 26.4 Å². The molecule has 0 fully saturated rings. The summed E-state index contributed by atoms with van der Waals surface area (Å²) >= 11 is 0. The van der Waals surface area contributed by atoms with Crippen LogP contribution in [0.5, 0.6) is 0 Å². The molecule has 0 aliphatic rings. The predicted octanol–water partition coefficient (Wildman–Crippen LogP) is 3.87. The Kier molecular flexibility index (Phi) is 6.08. The molecule has 0 saturated carbocycles. The molecule has 0 bridgehead atoms. The van der Waals surface area contributed by atoms with Crippen molar-refractivity contribution in [1.82, 2.24) is 0 Å². The van der Waals surface area contributed by atoms with Gasteiger partial charge in [0.25, 0.3) is 0 Å². The van der Waals surface area contributed by atoms with Crippen molar-refractivity contribution in [2.45, 2.75) is 12.9 Å². The summed E-state index contributed by atoms with van der Waals surface area (Å²) in [7, 11) is 2.83. The molecule has 1 amide bonds. The second kappa shape index (κ2) is 8.26. The molecule has 0 saturated heterocycles. The third kappa shape index (κ3) is 4.77. The van der Waals surface area contributed by atoms with Gasteiger partial charge in [0.15, 0.2) is 6.29 Å². The van der Waals surface area contributed by atoms with Gasteiger partial charge in [0, 0.05) is 25.5 Å². The lowest BCUT2D eigenvalue weighted by molar-refractivity contribution is -0.107. The molecule has 0 atom stereocenters. The first-order valence-corrected chi connectivity index (χ1v) is 6.96. The number of ether oxygens (including phenoxy) is 3. The maximum absolute atomic E-state index is 14.0. The molecule has 5 nitrogen and oxygen atoms in total. The normalized spacial score (nSPS) is 10.6. The lowest BCUT2D eigenvalue weighted by atomic mass is 10.2. The average Bonchev–Trinajstić information content (AvgIpc) is 2.57. The fraction of sp³-hybridized carbons (Fsp3) is 0.235. The Morgan fingerprint density at radius 3 is 2.43 bits per heavy atom. The largest absolute Gasteiger partial charge is 0.444 e. The second-order valence-electron chi connectivity index (χ2n) is 4.73. The van der Waals surface area contributed by atoms with Crippen LogP contribution < -0.4 is 5.32 Å². The van der Waals surface area contributed by atoms with Crippen molar-refractivity contribution in [3.63, 3.8) is 0 Å². The van der Waals surface area contributed by atoms with E-state index < -0.39 is 18.2 Å². The highest BCUT2D eigenvalue weighted by Crippen LogP contribution is 2.23. The van der Waals surface area contributed by atoms with Gasteiger partial charge in [-0.1, -0.05) is 30.3 Å². The number of anilines is 1. The van der Waals surface area contributed by atoms with Gasteiger partial charge >= 0.3 is 6.09 Å². The molecule has 2 rings (SSSR count). The summed E-state index contributed by atoms with van der Waals surface area (Å²) in [5, 5.41) is 2.47. The third-order valence-electron chi connectivity index (χ3n) is 3.14. The Morgan fingerprint density at radius 2 is 1.83 bits per heavy atom. The molecule has 2 aromatic rings. The smallest absolute Gasteiger partial charge is 0.411 e. The number of carbonyl (C=O) groups is 1. The number of carbonyl (C=O) groups excluding carboxylic acids is 1. The SMILES string of the molecule is COC(OC)c1ccc(NC(=O)OCc2ccccc2)cc1F. The Morgan fingerprint density at radius 1 is 1.13 bits per heavy atom.